The number of anilines is 1. The first-order chi connectivity index (χ1) is 13.3. The van der Waals surface area contributed by atoms with Crippen LogP contribution in [0, 0.1) is 13.8 Å². The number of hydrogen-bond donors (Lipinski definition) is 1. The molecule has 1 fully saturated rings. The van der Waals surface area contributed by atoms with Crippen LogP contribution in [0.25, 0.3) is 0 Å². The van der Waals surface area contributed by atoms with Crippen molar-refractivity contribution in [2.45, 2.75) is 37.7 Å². The van der Waals surface area contributed by atoms with Crippen molar-refractivity contribution in [2.75, 3.05) is 25.5 Å². The van der Waals surface area contributed by atoms with Crippen molar-refractivity contribution >= 4 is 21.6 Å². The molecular weight excluding hydrogens is 376 g/mol. The molecule has 1 amide bonds. The number of aryl methyl sites for hydroxylation is 2. The van der Waals surface area contributed by atoms with Gasteiger partial charge < -0.3 is 10.1 Å². The molecule has 150 valence electrons. The van der Waals surface area contributed by atoms with Crippen molar-refractivity contribution < 1.29 is 17.9 Å². The smallest absolute Gasteiger partial charge is 0.255 e. The van der Waals surface area contributed by atoms with Gasteiger partial charge in [-0.2, -0.15) is 4.31 Å². The molecule has 1 aliphatic heterocycles. The predicted molar refractivity (Wildman–Crippen MR) is 109 cm³/mol. The lowest BCUT2D eigenvalue weighted by atomic mass is 10.1. The first-order valence-corrected chi connectivity index (χ1v) is 10.8. The van der Waals surface area contributed by atoms with Crippen molar-refractivity contribution in [3.63, 3.8) is 0 Å². The molecule has 1 heterocycles. The number of hydrogen-bond acceptors (Lipinski definition) is 4. The Morgan fingerprint density at radius 3 is 2.36 bits per heavy atom. The molecule has 0 spiro atoms. The number of nitrogens with zero attached hydrogens (tertiary/aromatic N) is 1. The zero-order valence-corrected chi connectivity index (χ0v) is 17.3. The normalized spacial score (nSPS) is 17.1. The highest BCUT2D eigenvalue weighted by molar-refractivity contribution is 7.89. The van der Waals surface area contributed by atoms with Gasteiger partial charge in [0.05, 0.1) is 11.0 Å². The van der Waals surface area contributed by atoms with Crippen LogP contribution >= 0.6 is 0 Å². The maximum absolute atomic E-state index is 12.7. The molecule has 6 nitrogen and oxygen atoms in total. The summed E-state index contributed by atoms with van der Waals surface area (Å²) in [5.74, 6) is -0.276. The molecule has 1 atom stereocenters. The van der Waals surface area contributed by atoms with Crippen LogP contribution in [0.1, 0.15) is 34.3 Å². The third-order valence-corrected chi connectivity index (χ3v) is 6.63. The summed E-state index contributed by atoms with van der Waals surface area (Å²) in [6.45, 7) is 4.95. The molecule has 1 aliphatic rings. The fourth-order valence-electron chi connectivity index (χ4n) is 3.38. The Kier molecular flexibility index (Phi) is 6.17. The van der Waals surface area contributed by atoms with Gasteiger partial charge in [-0.25, -0.2) is 8.42 Å². The van der Waals surface area contributed by atoms with Crippen LogP contribution in [0.5, 0.6) is 0 Å². The first-order valence-electron chi connectivity index (χ1n) is 9.33. The molecule has 0 aliphatic carbocycles. The minimum absolute atomic E-state index is 0.0531. The number of ether oxygens (including phenoxy) is 1. The van der Waals surface area contributed by atoms with E-state index in [9.17, 15) is 13.2 Å². The molecule has 28 heavy (non-hydrogen) atoms. The largest absolute Gasteiger partial charge is 0.377 e. The number of carbonyl (C=O) groups excluding carboxylic acids is 1. The topological polar surface area (TPSA) is 75.7 Å². The van der Waals surface area contributed by atoms with Crippen LogP contribution in [0.15, 0.2) is 47.4 Å². The van der Waals surface area contributed by atoms with Crippen molar-refractivity contribution in [3.8, 4) is 0 Å². The van der Waals surface area contributed by atoms with Crippen LogP contribution < -0.4 is 5.32 Å². The van der Waals surface area contributed by atoms with Crippen molar-refractivity contribution in [2.24, 2.45) is 0 Å². The monoisotopic (exact) mass is 402 g/mol. The van der Waals surface area contributed by atoms with E-state index in [0.29, 0.717) is 18.7 Å². The quantitative estimate of drug-likeness (QED) is 0.804. The summed E-state index contributed by atoms with van der Waals surface area (Å²) in [5, 5.41) is 2.85. The van der Waals surface area contributed by atoms with E-state index in [2.05, 4.69) is 5.32 Å². The number of carbonyl (C=O) groups is 1. The van der Waals surface area contributed by atoms with Crippen LogP contribution in [0.3, 0.4) is 0 Å². The van der Waals surface area contributed by atoms with E-state index in [0.717, 1.165) is 29.7 Å². The Morgan fingerprint density at radius 2 is 1.79 bits per heavy atom. The lowest BCUT2D eigenvalue weighted by Gasteiger charge is -2.20. The zero-order valence-electron chi connectivity index (χ0n) is 16.4. The molecule has 0 unspecified atom stereocenters. The van der Waals surface area contributed by atoms with E-state index < -0.39 is 10.0 Å². The molecule has 0 aromatic heterocycles. The predicted octanol–water partition coefficient (Wildman–Crippen LogP) is 3.36. The van der Waals surface area contributed by atoms with E-state index in [1.165, 1.54) is 28.6 Å². The summed E-state index contributed by atoms with van der Waals surface area (Å²) in [6.07, 6.45) is 1.78. The molecule has 3 rings (SSSR count). The highest BCUT2D eigenvalue weighted by Crippen LogP contribution is 2.20. The molecule has 7 heteroatoms. The fourth-order valence-corrected chi connectivity index (χ4v) is 4.58. The maximum Gasteiger partial charge on any atom is 0.255 e. The van der Waals surface area contributed by atoms with E-state index in [1.54, 1.807) is 7.05 Å². The summed E-state index contributed by atoms with van der Waals surface area (Å²) >= 11 is 0. The number of amides is 1. The van der Waals surface area contributed by atoms with Gasteiger partial charge in [-0.1, -0.05) is 6.07 Å². The summed E-state index contributed by atoms with van der Waals surface area (Å²) in [4.78, 5) is 12.6. The van der Waals surface area contributed by atoms with Crippen LogP contribution in [-0.2, 0) is 14.8 Å². The van der Waals surface area contributed by atoms with E-state index >= 15 is 0 Å². The first kappa shape index (κ1) is 20.5. The molecule has 0 radical (unpaired) electrons. The number of sulfonamides is 1. The highest BCUT2D eigenvalue weighted by Gasteiger charge is 2.26. The average molecular weight is 403 g/mol. The number of rotatable bonds is 6. The number of benzene rings is 2. The second kappa shape index (κ2) is 8.43. The SMILES string of the molecule is Cc1cc(C)cc(NC(=O)c2ccc(S(=O)(=O)N(C)C[C@@H]3CCCO3)cc2)c1. The summed E-state index contributed by atoms with van der Waals surface area (Å²) < 4.78 is 32.3. The van der Waals surface area contributed by atoms with Crippen molar-refractivity contribution in [1.82, 2.24) is 4.31 Å². The van der Waals surface area contributed by atoms with Gasteiger partial charge in [0, 0.05) is 31.5 Å². The lowest BCUT2D eigenvalue weighted by Crippen LogP contribution is -2.34. The zero-order chi connectivity index (χ0) is 20.3. The molecule has 0 saturated carbocycles. The molecular formula is C21H26N2O4S. The van der Waals surface area contributed by atoms with E-state index in [1.807, 2.05) is 32.0 Å². The summed E-state index contributed by atoms with van der Waals surface area (Å²) in [5.41, 5.74) is 3.24. The van der Waals surface area contributed by atoms with Crippen molar-refractivity contribution in [1.29, 1.82) is 0 Å². The molecule has 0 bridgehead atoms. The van der Waals surface area contributed by atoms with Crippen LogP contribution in [0.2, 0.25) is 0 Å². The van der Waals surface area contributed by atoms with Gasteiger partial charge in [0.1, 0.15) is 0 Å². The Balaban J connectivity index is 1.70. The van der Waals surface area contributed by atoms with Gasteiger partial charge in [0.2, 0.25) is 10.0 Å². The average Bonchev–Trinajstić information content (AvgIpc) is 3.14. The fraction of sp³-hybridized carbons (Fsp3) is 0.381. The maximum atomic E-state index is 12.7. The minimum Gasteiger partial charge on any atom is -0.377 e. The van der Waals surface area contributed by atoms with Gasteiger partial charge in [0.25, 0.3) is 5.91 Å². The number of nitrogens with one attached hydrogen (secondary N) is 1. The Hall–Kier alpha value is -2.22. The van der Waals surface area contributed by atoms with Gasteiger partial charge >= 0.3 is 0 Å². The highest BCUT2D eigenvalue weighted by atomic mass is 32.2. The second-order valence-electron chi connectivity index (χ2n) is 7.28. The Labute approximate surface area is 166 Å². The minimum atomic E-state index is -3.62. The van der Waals surface area contributed by atoms with Gasteiger partial charge in [0.15, 0.2) is 0 Å². The molecule has 1 N–H and O–H groups in total. The molecule has 2 aromatic rings. The summed E-state index contributed by atoms with van der Waals surface area (Å²) in [7, 11) is -2.06. The number of likely N-dealkylation sites (N-methyl/N-ethyl adjacent to an activating group) is 1. The third kappa shape index (κ3) is 4.79. The third-order valence-electron chi connectivity index (χ3n) is 4.79. The van der Waals surface area contributed by atoms with Crippen LogP contribution in [-0.4, -0.2) is 44.9 Å². The lowest BCUT2D eigenvalue weighted by molar-refractivity contribution is 0.0979. The van der Waals surface area contributed by atoms with Gasteiger partial charge in [-0.05, 0) is 74.2 Å². The molecule has 1 saturated heterocycles. The van der Waals surface area contributed by atoms with Crippen molar-refractivity contribution in [3.05, 3.63) is 59.2 Å². The van der Waals surface area contributed by atoms with Gasteiger partial charge in [-0.3, -0.25) is 4.79 Å². The Morgan fingerprint density at radius 1 is 1.14 bits per heavy atom. The van der Waals surface area contributed by atoms with Gasteiger partial charge in [-0.15, -0.1) is 0 Å². The van der Waals surface area contributed by atoms with Crippen LogP contribution in [0.4, 0.5) is 5.69 Å². The second-order valence-corrected chi connectivity index (χ2v) is 9.32. The Bertz CT molecular complexity index is 929. The van der Waals surface area contributed by atoms with E-state index in [4.69, 9.17) is 4.74 Å². The molecule has 2 aromatic carbocycles. The standard InChI is InChI=1S/C21H26N2O4S/c1-15-11-16(2)13-18(12-15)22-21(24)17-6-8-20(9-7-17)28(25,26)23(3)14-19-5-4-10-27-19/h6-9,11-13,19H,4-5,10,14H2,1-3H3,(H,22,24)/t19-/m0/s1. The summed E-state index contributed by atoms with van der Waals surface area (Å²) in [6, 6.07) is 11.8. The van der Waals surface area contributed by atoms with E-state index in [-0.39, 0.29) is 16.9 Å².